The van der Waals surface area contributed by atoms with E-state index in [9.17, 15) is 9.59 Å². The lowest BCUT2D eigenvalue weighted by atomic mass is 10.1. The fourth-order valence-corrected chi connectivity index (χ4v) is 1.89. The molecule has 1 aliphatic rings. The van der Waals surface area contributed by atoms with Crippen molar-refractivity contribution in [3.8, 4) is 0 Å². The van der Waals surface area contributed by atoms with Crippen LogP contribution in [0.4, 0.5) is 5.69 Å². The molecular formula is C15H19N3O2. The van der Waals surface area contributed by atoms with Crippen molar-refractivity contribution in [1.82, 2.24) is 5.32 Å². The first-order valence-electron chi connectivity index (χ1n) is 6.81. The SMILES string of the molecule is CC(C)CNC(=O)C1=NN(c2ccccc2)C(=O)CC1. The quantitative estimate of drug-likeness (QED) is 0.911. The third-order valence-corrected chi connectivity index (χ3v) is 2.97. The predicted molar refractivity (Wildman–Crippen MR) is 78.4 cm³/mol. The molecule has 0 saturated heterocycles. The maximum Gasteiger partial charge on any atom is 0.267 e. The number of nitrogens with one attached hydrogen (secondary N) is 1. The summed E-state index contributed by atoms with van der Waals surface area (Å²) in [4.78, 5) is 23.9. The second kappa shape index (κ2) is 6.32. The molecule has 106 valence electrons. The number of hydrogen-bond donors (Lipinski definition) is 1. The van der Waals surface area contributed by atoms with Gasteiger partial charge in [-0.1, -0.05) is 32.0 Å². The van der Waals surface area contributed by atoms with Crippen LogP contribution in [0.15, 0.2) is 35.4 Å². The fourth-order valence-electron chi connectivity index (χ4n) is 1.89. The maximum atomic E-state index is 12.0. The van der Waals surface area contributed by atoms with E-state index in [1.807, 2.05) is 32.0 Å². The second-order valence-electron chi connectivity index (χ2n) is 5.19. The highest BCUT2D eigenvalue weighted by Gasteiger charge is 2.25. The van der Waals surface area contributed by atoms with E-state index >= 15 is 0 Å². The van der Waals surface area contributed by atoms with Crippen molar-refractivity contribution in [2.45, 2.75) is 26.7 Å². The lowest BCUT2D eigenvalue weighted by Gasteiger charge is -2.23. The Morgan fingerprint density at radius 3 is 2.65 bits per heavy atom. The predicted octanol–water partition coefficient (Wildman–Crippen LogP) is 1.94. The number of hydrazone groups is 1. The average molecular weight is 273 g/mol. The van der Waals surface area contributed by atoms with Crippen molar-refractivity contribution < 1.29 is 9.59 Å². The van der Waals surface area contributed by atoms with Gasteiger partial charge in [-0.25, -0.2) is 5.01 Å². The molecule has 1 aromatic rings. The Kier molecular flexibility index (Phi) is 4.50. The molecule has 0 saturated carbocycles. The first-order valence-corrected chi connectivity index (χ1v) is 6.81. The largest absolute Gasteiger partial charge is 0.351 e. The normalized spacial score (nSPS) is 15.2. The van der Waals surface area contributed by atoms with Gasteiger partial charge >= 0.3 is 0 Å². The van der Waals surface area contributed by atoms with E-state index in [-0.39, 0.29) is 11.8 Å². The average Bonchev–Trinajstić information content (AvgIpc) is 2.46. The number of hydrogen-bond acceptors (Lipinski definition) is 3. The van der Waals surface area contributed by atoms with Crippen molar-refractivity contribution in [3.05, 3.63) is 30.3 Å². The highest BCUT2D eigenvalue weighted by Crippen LogP contribution is 2.19. The van der Waals surface area contributed by atoms with Gasteiger partial charge in [-0.3, -0.25) is 9.59 Å². The molecule has 0 aromatic heterocycles. The minimum atomic E-state index is -0.188. The summed E-state index contributed by atoms with van der Waals surface area (Å²) in [6.07, 6.45) is 0.703. The zero-order valence-corrected chi connectivity index (χ0v) is 11.8. The maximum absolute atomic E-state index is 12.0. The number of carbonyl (C=O) groups is 2. The van der Waals surface area contributed by atoms with Gasteiger partial charge in [0.05, 0.1) is 5.69 Å². The number of anilines is 1. The van der Waals surface area contributed by atoms with Crippen molar-refractivity contribution in [3.63, 3.8) is 0 Å². The molecular weight excluding hydrogens is 254 g/mol. The molecule has 2 rings (SSSR count). The van der Waals surface area contributed by atoms with Crippen LogP contribution in [0.1, 0.15) is 26.7 Å². The van der Waals surface area contributed by atoms with Crippen LogP contribution >= 0.6 is 0 Å². The number of benzene rings is 1. The van der Waals surface area contributed by atoms with Crippen molar-refractivity contribution in [2.75, 3.05) is 11.6 Å². The Bertz CT molecular complexity index is 523. The van der Waals surface area contributed by atoms with Gasteiger partial charge in [-0.2, -0.15) is 5.10 Å². The van der Waals surface area contributed by atoms with E-state index < -0.39 is 0 Å². The molecule has 1 heterocycles. The Hall–Kier alpha value is -2.17. The smallest absolute Gasteiger partial charge is 0.267 e. The lowest BCUT2D eigenvalue weighted by Crippen LogP contribution is -2.40. The summed E-state index contributed by atoms with van der Waals surface area (Å²) in [5, 5.41) is 8.34. The molecule has 0 radical (unpaired) electrons. The number of rotatable bonds is 4. The Labute approximate surface area is 118 Å². The molecule has 1 N–H and O–H groups in total. The topological polar surface area (TPSA) is 61.8 Å². The Morgan fingerprint density at radius 2 is 2.00 bits per heavy atom. The van der Waals surface area contributed by atoms with E-state index in [1.165, 1.54) is 5.01 Å². The minimum absolute atomic E-state index is 0.0865. The molecule has 1 aliphatic heterocycles. The molecule has 5 nitrogen and oxygen atoms in total. The zero-order chi connectivity index (χ0) is 14.5. The molecule has 0 atom stereocenters. The van der Waals surface area contributed by atoms with Crippen LogP contribution in [0, 0.1) is 5.92 Å². The summed E-state index contributed by atoms with van der Waals surface area (Å²) in [5.74, 6) is 0.110. The minimum Gasteiger partial charge on any atom is -0.351 e. The van der Waals surface area contributed by atoms with Gasteiger partial charge in [0.1, 0.15) is 5.71 Å². The highest BCUT2D eigenvalue weighted by molar-refractivity contribution is 6.40. The van der Waals surface area contributed by atoms with Crippen molar-refractivity contribution >= 4 is 23.2 Å². The van der Waals surface area contributed by atoms with Crippen molar-refractivity contribution in [1.29, 1.82) is 0 Å². The van der Waals surface area contributed by atoms with E-state index in [2.05, 4.69) is 10.4 Å². The molecule has 0 bridgehead atoms. The fraction of sp³-hybridized carbons (Fsp3) is 0.400. The summed E-state index contributed by atoms with van der Waals surface area (Å²) >= 11 is 0. The van der Waals surface area contributed by atoms with E-state index in [0.717, 1.165) is 0 Å². The third kappa shape index (κ3) is 3.44. The van der Waals surface area contributed by atoms with Crippen LogP contribution in [0.3, 0.4) is 0 Å². The van der Waals surface area contributed by atoms with Gasteiger partial charge in [-0.15, -0.1) is 0 Å². The summed E-state index contributed by atoms with van der Waals surface area (Å²) in [6, 6.07) is 9.15. The zero-order valence-electron chi connectivity index (χ0n) is 11.8. The summed E-state index contributed by atoms with van der Waals surface area (Å²) < 4.78 is 0. The summed E-state index contributed by atoms with van der Waals surface area (Å²) in [7, 11) is 0. The van der Waals surface area contributed by atoms with Crippen LogP contribution < -0.4 is 10.3 Å². The highest BCUT2D eigenvalue weighted by atomic mass is 16.2. The monoisotopic (exact) mass is 273 g/mol. The van der Waals surface area contributed by atoms with Crippen molar-refractivity contribution in [2.24, 2.45) is 11.0 Å². The van der Waals surface area contributed by atoms with Gasteiger partial charge in [0, 0.05) is 19.4 Å². The van der Waals surface area contributed by atoms with Crippen LogP contribution in [-0.2, 0) is 9.59 Å². The molecule has 2 amide bonds. The van der Waals surface area contributed by atoms with Crippen LogP contribution in [0.25, 0.3) is 0 Å². The second-order valence-corrected chi connectivity index (χ2v) is 5.19. The van der Waals surface area contributed by atoms with Gasteiger partial charge in [0.25, 0.3) is 5.91 Å². The Balaban J connectivity index is 2.15. The Morgan fingerprint density at radius 1 is 1.30 bits per heavy atom. The van der Waals surface area contributed by atoms with Crippen LogP contribution in [-0.4, -0.2) is 24.1 Å². The van der Waals surface area contributed by atoms with Gasteiger partial charge in [-0.05, 0) is 18.1 Å². The molecule has 1 aromatic carbocycles. The molecule has 0 unspecified atom stereocenters. The molecule has 0 fully saturated rings. The third-order valence-electron chi connectivity index (χ3n) is 2.97. The first kappa shape index (κ1) is 14.2. The number of amides is 2. The van der Waals surface area contributed by atoms with Gasteiger partial charge in [0.15, 0.2) is 0 Å². The van der Waals surface area contributed by atoms with Crippen LogP contribution in [0.5, 0.6) is 0 Å². The summed E-state index contributed by atoms with van der Waals surface area (Å²) in [6.45, 7) is 4.67. The van der Waals surface area contributed by atoms with Gasteiger partial charge < -0.3 is 5.32 Å². The van der Waals surface area contributed by atoms with E-state index in [4.69, 9.17) is 0 Å². The van der Waals surface area contributed by atoms with E-state index in [0.29, 0.717) is 36.7 Å². The molecule has 0 spiro atoms. The van der Waals surface area contributed by atoms with Crippen LogP contribution in [0.2, 0.25) is 0 Å². The van der Waals surface area contributed by atoms with E-state index in [1.54, 1.807) is 12.1 Å². The molecule has 5 heteroatoms. The number of nitrogens with zero attached hydrogens (tertiary/aromatic N) is 2. The lowest BCUT2D eigenvalue weighted by molar-refractivity contribution is -0.119. The standard InChI is InChI=1S/C15H19N3O2/c1-11(2)10-16-15(20)13-8-9-14(19)18(17-13)12-6-4-3-5-7-12/h3-7,11H,8-10H2,1-2H3,(H,16,20). The number of carbonyl (C=O) groups excluding carboxylic acids is 2. The number of para-hydroxylation sites is 1. The van der Waals surface area contributed by atoms with Gasteiger partial charge in [0.2, 0.25) is 5.91 Å². The first-order chi connectivity index (χ1) is 9.58. The summed E-state index contributed by atoms with van der Waals surface area (Å²) in [5.41, 5.74) is 1.10. The molecule has 0 aliphatic carbocycles. The molecule has 20 heavy (non-hydrogen) atoms.